The molecule has 1 amide bonds. The molecule has 6 heteroatoms. The number of hydrogen-bond donors (Lipinski definition) is 2. The smallest absolute Gasteiger partial charge is 0.323 e. The van der Waals surface area contributed by atoms with Gasteiger partial charge >= 0.3 is 5.97 Å². The molecule has 6 nitrogen and oxygen atoms in total. The molecule has 0 spiro atoms. The van der Waals surface area contributed by atoms with Crippen molar-refractivity contribution in [2.75, 3.05) is 13.1 Å². The number of amides is 1. The highest BCUT2D eigenvalue weighted by Gasteiger charge is 2.17. The Morgan fingerprint density at radius 3 is 2.95 bits per heavy atom. The van der Waals surface area contributed by atoms with Gasteiger partial charge in [-0.25, -0.2) is 4.98 Å². The molecule has 2 N–H and O–H groups in total. The Labute approximate surface area is 116 Å². The van der Waals surface area contributed by atoms with Crippen LogP contribution in [0.3, 0.4) is 0 Å². The van der Waals surface area contributed by atoms with Crippen molar-refractivity contribution >= 4 is 22.9 Å². The maximum absolute atomic E-state index is 12.2. The number of nitrogens with one attached hydrogen (secondary N) is 1. The number of fused-ring (bicyclic) bond motifs is 1. The van der Waals surface area contributed by atoms with Gasteiger partial charge in [0.25, 0.3) is 0 Å². The van der Waals surface area contributed by atoms with Gasteiger partial charge in [-0.3, -0.25) is 9.59 Å². The summed E-state index contributed by atoms with van der Waals surface area (Å²) in [6, 6.07) is 3.70. The third-order valence-corrected chi connectivity index (χ3v) is 3.05. The van der Waals surface area contributed by atoms with E-state index in [1.807, 2.05) is 19.1 Å². The van der Waals surface area contributed by atoms with E-state index >= 15 is 0 Å². The first kappa shape index (κ1) is 14.0. The van der Waals surface area contributed by atoms with E-state index in [1.54, 1.807) is 12.4 Å². The van der Waals surface area contributed by atoms with Crippen molar-refractivity contribution < 1.29 is 14.7 Å². The number of aromatic amines is 1. The highest BCUT2D eigenvalue weighted by atomic mass is 16.4. The first-order valence-corrected chi connectivity index (χ1v) is 6.52. The molecule has 20 heavy (non-hydrogen) atoms. The van der Waals surface area contributed by atoms with Crippen LogP contribution in [0.2, 0.25) is 0 Å². The van der Waals surface area contributed by atoms with Crippen LogP contribution in [0, 0.1) is 0 Å². The van der Waals surface area contributed by atoms with Crippen LogP contribution in [-0.4, -0.2) is 44.9 Å². The number of hydrogen-bond acceptors (Lipinski definition) is 3. The maximum Gasteiger partial charge on any atom is 0.323 e. The molecule has 0 unspecified atom stereocenters. The van der Waals surface area contributed by atoms with Gasteiger partial charge in [-0.1, -0.05) is 6.92 Å². The molecule has 0 aliphatic heterocycles. The van der Waals surface area contributed by atoms with E-state index in [9.17, 15) is 9.59 Å². The average molecular weight is 275 g/mol. The molecular weight excluding hydrogens is 258 g/mol. The highest BCUT2D eigenvalue weighted by Crippen LogP contribution is 2.16. The number of pyridine rings is 1. The minimum Gasteiger partial charge on any atom is -0.480 e. The lowest BCUT2D eigenvalue weighted by atomic mass is 10.1. The molecule has 0 saturated carbocycles. The van der Waals surface area contributed by atoms with Gasteiger partial charge in [0.05, 0.1) is 6.42 Å². The van der Waals surface area contributed by atoms with Crippen molar-refractivity contribution in [1.82, 2.24) is 14.9 Å². The lowest BCUT2D eigenvalue weighted by Crippen LogP contribution is -2.37. The Balaban J connectivity index is 2.14. The molecular formula is C14H17N3O3. The maximum atomic E-state index is 12.2. The number of rotatable bonds is 6. The summed E-state index contributed by atoms with van der Waals surface area (Å²) < 4.78 is 0. The normalized spacial score (nSPS) is 10.7. The summed E-state index contributed by atoms with van der Waals surface area (Å²) in [6.45, 7) is 2.11. The van der Waals surface area contributed by atoms with Crippen molar-refractivity contribution in [3.05, 3.63) is 30.1 Å². The second-order valence-corrected chi connectivity index (χ2v) is 4.60. The number of aromatic nitrogens is 2. The summed E-state index contributed by atoms with van der Waals surface area (Å²) in [6.07, 6.45) is 4.34. The minimum atomic E-state index is -0.993. The summed E-state index contributed by atoms with van der Waals surface area (Å²) >= 11 is 0. The van der Waals surface area contributed by atoms with E-state index in [4.69, 9.17) is 5.11 Å². The Kier molecular flexibility index (Phi) is 4.34. The summed E-state index contributed by atoms with van der Waals surface area (Å²) in [4.78, 5) is 31.5. The first-order valence-electron chi connectivity index (χ1n) is 6.52. The fourth-order valence-corrected chi connectivity index (χ4v) is 2.16. The van der Waals surface area contributed by atoms with Crippen LogP contribution in [-0.2, 0) is 16.0 Å². The molecule has 106 valence electrons. The number of H-pyrrole nitrogens is 1. The number of carbonyl (C=O) groups is 2. The second-order valence-electron chi connectivity index (χ2n) is 4.60. The lowest BCUT2D eigenvalue weighted by Gasteiger charge is -2.19. The van der Waals surface area contributed by atoms with E-state index in [-0.39, 0.29) is 18.9 Å². The van der Waals surface area contributed by atoms with E-state index < -0.39 is 5.97 Å². The third-order valence-electron chi connectivity index (χ3n) is 3.05. The van der Waals surface area contributed by atoms with Gasteiger partial charge in [0.1, 0.15) is 12.2 Å². The van der Waals surface area contributed by atoms with E-state index in [1.165, 1.54) is 4.90 Å². The molecule has 0 fully saturated rings. The van der Waals surface area contributed by atoms with Gasteiger partial charge in [0.2, 0.25) is 5.91 Å². The van der Waals surface area contributed by atoms with E-state index in [2.05, 4.69) is 9.97 Å². The van der Waals surface area contributed by atoms with Gasteiger partial charge in [-0.2, -0.15) is 0 Å². The largest absolute Gasteiger partial charge is 0.480 e. The van der Waals surface area contributed by atoms with Gasteiger partial charge in [-0.15, -0.1) is 0 Å². The van der Waals surface area contributed by atoms with Gasteiger partial charge in [-0.05, 0) is 24.1 Å². The molecule has 0 aromatic carbocycles. The first-order chi connectivity index (χ1) is 9.61. The van der Waals surface area contributed by atoms with Crippen LogP contribution in [0.15, 0.2) is 24.5 Å². The van der Waals surface area contributed by atoms with Crippen molar-refractivity contribution in [2.24, 2.45) is 0 Å². The molecule has 0 bridgehead atoms. The van der Waals surface area contributed by atoms with Crippen molar-refractivity contribution in [1.29, 1.82) is 0 Å². The van der Waals surface area contributed by atoms with Gasteiger partial charge < -0.3 is 15.0 Å². The van der Waals surface area contributed by atoms with Gasteiger partial charge in [0, 0.05) is 24.3 Å². The Morgan fingerprint density at radius 2 is 2.25 bits per heavy atom. The van der Waals surface area contributed by atoms with E-state index in [0.29, 0.717) is 6.54 Å². The fraction of sp³-hybridized carbons (Fsp3) is 0.357. The Hall–Kier alpha value is -2.37. The second kappa shape index (κ2) is 6.18. The third kappa shape index (κ3) is 3.14. The van der Waals surface area contributed by atoms with Crippen LogP contribution >= 0.6 is 0 Å². The van der Waals surface area contributed by atoms with Crippen LogP contribution in [0.5, 0.6) is 0 Å². The molecule has 2 aromatic rings. The molecule has 2 aromatic heterocycles. The predicted octanol–water partition coefficient (Wildman–Crippen LogP) is 1.43. The predicted molar refractivity (Wildman–Crippen MR) is 74.3 cm³/mol. The summed E-state index contributed by atoms with van der Waals surface area (Å²) in [5.74, 6) is -1.17. The number of carboxylic acid groups (broad SMARTS) is 1. The summed E-state index contributed by atoms with van der Waals surface area (Å²) in [5.41, 5.74) is 1.57. The number of aliphatic carboxylic acids is 1. The topological polar surface area (TPSA) is 86.3 Å². The Bertz CT molecular complexity index is 621. The SMILES string of the molecule is CCCN(CC(=O)O)C(=O)Cc1c[nH]c2ncccc12. The highest BCUT2D eigenvalue weighted by molar-refractivity contribution is 5.88. The van der Waals surface area contributed by atoms with Crippen LogP contribution in [0.1, 0.15) is 18.9 Å². The Morgan fingerprint density at radius 1 is 1.45 bits per heavy atom. The molecule has 0 atom stereocenters. The van der Waals surface area contributed by atoms with Crippen molar-refractivity contribution in [3.63, 3.8) is 0 Å². The molecule has 0 aliphatic carbocycles. The molecule has 2 heterocycles. The molecule has 0 saturated heterocycles. The number of carbonyl (C=O) groups excluding carboxylic acids is 1. The fourth-order valence-electron chi connectivity index (χ4n) is 2.16. The van der Waals surface area contributed by atoms with Crippen molar-refractivity contribution in [2.45, 2.75) is 19.8 Å². The number of nitrogens with zero attached hydrogens (tertiary/aromatic N) is 2. The van der Waals surface area contributed by atoms with Gasteiger partial charge in [0.15, 0.2) is 0 Å². The monoisotopic (exact) mass is 275 g/mol. The molecule has 2 rings (SSSR count). The van der Waals surface area contributed by atoms with Crippen LogP contribution in [0.25, 0.3) is 11.0 Å². The summed E-state index contributed by atoms with van der Waals surface area (Å²) in [5, 5.41) is 9.74. The van der Waals surface area contributed by atoms with Crippen LogP contribution in [0.4, 0.5) is 0 Å². The minimum absolute atomic E-state index is 0.180. The lowest BCUT2D eigenvalue weighted by molar-refractivity contribution is -0.144. The molecule has 0 aliphatic rings. The quantitative estimate of drug-likeness (QED) is 0.835. The number of carboxylic acids is 1. The van der Waals surface area contributed by atoms with Crippen molar-refractivity contribution in [3.8, 4) is 0 Å². The zero-order chi connectivity index (χ0) is 14.5. The summed E-state index contributed by atoms with van der Waals surface area (Å²) in [7, 11) is 0. The van der Waals surface area contributed by atoms with Crippen LogP contribution < -0.4 is 0 Å². The average Bonchev–Trinajstić information content (AvgIpc) is 2.81. The van der Waals surface area contributed by atoms with E-state index in [0.717, 1.165) is 23.0 Å². The molecule has 0 radical (unpaired) electrons. The zero-order valence-corrected chi connectivity index (χ0v) is 11.3. The standard InChI is InChI=1S/C14H17N3O3/c1-2-6-17(9-13(19)20)12(18)7-10-8-16-14-11(10)4-3-5-15-14/h3-5,8H,2,6-7,9H2,1H3,(H,15,16)(H,19,20). The zero-order valence-electron chi connectivity index (χ0n) is 11.3.